The van der Waals surface area contributed by atoms with Crippen LogP contribution in [0.25, 0.3) is 0 Å². The third-order valence-corrected chi connectivity index (χ3v) is 4.90. The van der Waals surface area contributed by atoms with Gasteiger partial charge in [-0.1, -0.05) is 25.4 Å². The Morgan fingerprint density at radius 1 is 1.43 bits per heavy atom. The number of sulfonamides is 1. The summed E-state index contributed by atoms with van der Waals surface area (Å²) < 4.78 is 32.0. The lowest BCUT2D eigenvalue weighted by molar-refractivity contribution is 0.0691. The second kappa shape index (κ2) is 7.22. The summed E-state index contributed by atoms with van der Waals surface area (Å²) in [6, 6.07) is 3.47. The van der Waals surface area contributed by atoms with Gasteiger partial charge in [0.05, 0.1) is 16.7 Å². The van der Waals surface area contributed by atoms with E-state index in [4.69, 9.17) is 21.4 Å². The fourth-order valence-electron chi connectivity index (χ4n) is 1.71. The van der Waals surface area contributed by atoms with Gasteiger partial charge in [-0.25, -0.2) is 17.9 Å². The van der Waals surface area contributed by atoms with Crippen LogP contribution in [0.3, 0.4) is 0 Å². The van der Waals surface area contributed by atoms with E-state index in [-0.39, 0.29) is 34.0 Å². The molecule has 0 aliphatic rings. The average Bonchev–Trinajstić information content (AvgIpc) is 2.38. The number of aromatic carboxylic acids is 1. The van der Waals surface area contributed by atoms with Crippen LogP contribution in [0, 0.1) is 5.92 Å². The summed E-state index contributed by atoms with van der Waals surface area (Å²) in [7, 11) is -2.32. The predicted octanol–water partition coefficient (Wildman–Crippen LogP) is 1.99. The quantitative estimate of drug-likeness (QED) is 0.795. The topological polar surface area (TPSA) is 92.7 Å². The van der Waals surface area contributed by atoms with Crippen molar-refractivity contribution in [2.45, 2.75) is 24.8 Å². The van der Waals surface area contributed by atoms with Crippen LogP contribution in [0.1, 0.15) is 24.2 Å². The van der Waals surface area contributed by atoms with Crippen LogP contribution in [0.5, 0.6) is 0 Å². The van der Waals surface area contributed by atoms with E-state index >= 15 is 0 Å². The standard InChI is InChI=1S/C13H18ClNO5S/c1-8(2)11(20-3)7-15-21(18,19)12-5-4-9(13(16)17)6-10(12)14/h4-6,8,11,15H,7H2,1-3H3,(H,16,17). The number of nitrogens with one attached hydrogen (secondary N) is 1. The minimum Gasteiger partial charge on any atom is -0.478 e. The highest BCUT2D eigenvalue weighted by atomic mass is 35.5. The van der Waals surface area contributed by atoms with Crippen LogP contribution in [0.2, 0.25) is 5.02 Å². The fraction of sp³-hybridized carbons (Fsp3) is 0.462. The first-order valence-electron chi connectivity index (χ1n) is 6.24. The molecule has 0 amide bonds. The van der Waals surface area contributed by atoms with Gasteiger partial charge in [-0.15, -0.1) is 0 Å². The molecule has 0 aromatic heterocycles. The number of rotatable bonds is 7. The molecule has 1 aromatic carbocycles. The van der Waals surface area contributed by atoms with Gasteiger partial charge in [-0.3, -0.25) is 0 Å². The average molecular weight is 336 g/mol. The molecule has 1 rings (SSSR count). The number of carboxylic acid groups (broad SMARTS) is 1. The summed E-state index contributed by atoms with van der Waals surface area (Å²) in [5.74, 6) is -1.03. The highest BCUT2D eigenvalue weighted by Gasteiger charge is 2.22. The number of methoxy groups -OCH3 is 1. The third-order valence-electron chi connectivity index (χ3n) is 2.99. The number of carboxylic acids is 1. The van der Waals surface area contributed by atoms with Gasteiger partial charge >= 0.3 is 5.97 Å². The summed E-state index contributed by atoms with van der Waals surface area (Å²) in [5.41, 5.74) is -0.0732. The highest BCUT2D eigenvalue weighted by Crippen LogP contribution is 2.22. The molecule has 0 fully saturated rings. The van der Waals surface area contributed by atoms with Gasteiger partial charge in [0.1, 0.15) is 4.90 Å². The number of carbonyl (C=O) groups is 1. The van der Waals surface area contributed by atoms with Gasteiger partial charge in [0.2, 0.25) is 10.0 Å². The molecule has 0 aliphatic carbocycles. The van der Waals surface area contributed by atoms with Crippen molar-refractivity contribution in [3.63, 3.8) is 0 Å². The zero-order valence-corrected chi connectivity index (χ0v) is 13.5. The Hall–Kier alpha value is -1.15. The Morgan fingerprint density at radius 2 is 2.05 bits per heavy atom. The van der Waals surface area contributed by atoms with Crippen LogP contribution in [-0.4, -0.2) is 39.3 Å². The van der Waals surface area contributed by atoms with Gasteiger partial charge in [-0.05, 0) is 24.1 Å². The minimum atomic E-state index is -3.83. The number of ether oxygens (including phenoxy) is 1. The van der Waals surface area contributed by atoms with Crippen molar-refractivity contribution in [1.82, 2.24) is 4.72 Å². The smallest absolute Gasteiger partial charge is 0.335 e. The number of benzene rings is 1. The van der Waals surface area contributed by atoms with E-state index in [0.29, 0.717) is 0 Å². The maximum Gasteiger partial charge on any atom is 0.335 e. The largest absolute Gasteiger partial charge is 0.478 e. The van der Waals surface area contributed by atoms with Crippen LogP contribution < -0.4 is 4.72 Å². The van der Waals surface area contributed by atoms with Crippen LogP contribution in [-0.2, 0) is 14.8 Å². The first-order chi connectivity index (χ1) is 9.69. The number of halogens is 1. The summed E-state index contributed by atoms with van der Waals surface area (Å²) in [4.78, 5) is 10.6. The van der Waals surface area contributed by atoms with Crippen LogP contribution in [0.4, 0.5) is 0 Å². The van der Waals surface area contributed by atoms with Crippen molar-refractivity contribution in [2.24, 2.45) is 5.92 Å². The van der Waals surface area contributed by atoms with Crippen LogP contribution in [0.15, 0.2) is 23.1 Å². The zero-order valence-electron chi connectivity index (χ0n) is 12.0. The Labute approximate surface area is 129 Å². The van der Waals surface area contributed by atoms with E-state index in [2.05, 4.69) is 4.72 Å². The summed E-state index contributed by atoms with van der Waals surface area (Å²) in [6.07, 6.45) is -0.267. The first kappa shape index (κ1) is 17.9. The van der Waals surface area contributed by atoms with E-state index in [1.807, 2.05) is 13.8 Å². The molecule has 1 aromatic rings. The molecule has 2 N–H and O–H groups in total. The second-order valence-electron chi connectivity index (χ2n) is 4.82. The van der Waals surface area contributed by atoms with E-state index < -0.39 is 16.0 Å². The van der Waals surface area contributed by atoms with Crippen molar-refractivity contribution in [1.29, 1.82) is 0 Å². The third kappa shape index (κ3) is 4.67. The molecule has 0 bridgehead atoms. The van der Waals surface area contributed by atoms with Gasteiger partial charge in [0.15, 0.2) is 0 Å². The molecule has 1 unspecified atom stereocenters. The molecule has 21 heavy (non-hydrogen) atoms. The molecule has 0 saturated heterocycles. The molecule has 0 spiro atoms. The van der Waals surface area contributed by atoms with Crippen molar-refractivity contribution < 1.29 is 23.1 Å². The van der Waals surface area contributed by atoms with Gasteiger partial charge < -0.3 is 9.84 Å². The number of hydrogen-bond acceptors (Lipinski definition) is 4. The highest BCUT2D eigenvalue weighted by molar-refractivity contribution is 7.89. The molecule has 118 valence electrons. The molecule has 0 radical (unpaired) electrons. The summed E-state index contributed by atoms with van der Waals surface area (Å²) in [6.45, 7) is 3.93. The normalized spacial score (nSPS) is 13.4. The van der Waals surface area contributed by atoms with Crippen LogP contribution >= 0.6 is 11.6 Å². The lowest BCUT2D eigenvalue weighted by atomic mass is 10.1. The van der Waals surface area contributed by atoms with Crippen molar-refractivity contribution in [3.05, 3.63) is 28.8 Å². The Morgan fingerprint density at radius 3 is 2.48 bits per heavy atom. The minimum absolute atomic E-state index is 0.0732. The molecule has 8 heteroatoms. The lowest BCUT2D eigenvalue weighted by Crippen LogP contribution is -2.36. The Kier molecular flexibility index (Phi) is 6.15. The van der Waals surface area contributed by atoms with Crippen molar-refractivity contribution in [3.8, 4) is 0 Å². The summed E-state index contributed by atoms with van der Waals surface area (Å²) >= 11 is 5.86. The maximum atomic E-state index is 12.2. The van der Waals surface area contributed by atoms with E-state index in [1.54, 1.807) is 0 Å². The zero-order chi connectivity index (χ0) is 16.2. The summed E-state index contributed by atoms with van der Waals surface area (Å²) in [5, 5.41) is 8.69. The van der Waals surface area contributed by atoms with Crippen molar-refractivity contribution >= 4 is 27.6 Å². The molecule has 6 nitrogen and oxygen atoms in total. The lowest BCUT2D eigenvalue weighted by Gasteiger charge is -2.19. The van der Waals surface area contributed by atoms with Gasteiger partial charge in [-0.2, -0.15) is 0 Å². The predicted molar refractivity (Wildman–Crippen MR) is 79.2 cm³/mol. The maximum absolute atomic E-state index is 12.2. The molecular weight excluding hydrogens is 318 g/mol. The Balaban J connectivity index is 2.96. The SMILES string of the molecule is COC(CNS(=O)(=O)c1ccc(C(=O)O)cc1Cl)C(C)C. The second-order valence-corrected chi connectivity index (χ2v) is 6.96. The molecule has 0 heterocycles. The van der Waals surface area contributed by atoms with Gasteiger partial charge in [0, 0.05) is 13.7 Å². The molecule has 0 saturated carbocycles. The van der Waals surface area contributed by atoms with E-state index in [0.717, 1.165) is 6.07 Å². The molecule has 1 atom stereocenters. The number of hydrogen-bond donors (Lipinski definition) is 2. The first-order valence-corrected chi connectivity index (χ1v) is 8.10. The van der Waals surface area contributed by atoms with E-state index in [1.165, 1.54) is 19.2 Å². The molecular formula is C13H18ClNO5S. The van der Waals surface area contributed by atoms with E-state index in [9.17, 15) is 13.2 Å². The molecule has 0 aliphatic heterocycles. The Bertz CT molecular complexity index is 615. The monoisotopic (exact) mass is 335 g/mol. The van der Waals surface area contributed by atoms with Gasteiger partial charge in [0.25, 0.3) is 0 Å². The van der Waals surface area contributed by atoms with Crippen molar-refractivity contribution in [2.75, 3.05) is 13.7 Å². The fourth-order valence-corrected chi connectivity index (χ4v) is 3.30.